The number of rotatable bonds is 4. The molecule has 2 aromatic heterocycles. The van der Waals surface area contributed by atoms with Crippen LogP contribution in [0.2, 0.25) is 0 Å². The Morgan fingerprint density at radius 2 is 2.04 bits per heavy atom. The monoisotopic (exact) mass is 392 g/mol. The number of aryl methyl sites for hydroxylation is 1. The SMILES string of the molecule is Cc1cccc(NC(=S)NN=Cc2ccc(-c3nc4ccccc4s3)o2)c1. The van der Waals surface area contributed by atoms with E-state index in [-0.39, 0.29) is 0 Å². The number of thiocarbonyl (C=S) groups is 1. The lowest BCUT2D eigenvalue weighted by atomic mass is 10.2. The Hall–Kier alpha value is -3.03. The quantitative estimate of drug-likeness (QED) is 0.284. The van der Waals surface area contributed by atoms with Crippen molar-refractivity contribution in [3.05, 3.63) is 72.0 Å². The molecule has 0 bridgehead atoms. The number of thiazole rings is 1. The lowest BCUT2D eigenvalue weighted by Gasteiger charge is -2.07. The van der Waals surface area contributed by atoms with Gasteiger partial charge in [0.25, 0.3) is 0 Å². The van der Waals surface area contributed by atoms with Crippen molar-refractivity contribution in [3.8, 4) is 10.8 Å². The van der Waals surface area contributed by atoms with Crippen molar-refractivity contribution in [1.82, 2.24) is 10.4 Å². The minimum absolute atomic E-state index is 0.412. The first-order chi connectivity index (χ1) is 13.2. The highest BCUT2D eigenvalue weighted by Gasteiger charge is 2.09. The number of hydrogen-bond donors (Lipinski definition) is 2. The summed E-state index contributed by atoms with van der Waals surface area (Å²) in [5.74, 6) is 1.34. The van der Waals surface area contributed by atoms with Crippen LogP contribution >= 0.6 is 23.6 Å². The minimum Gasteiger partial charge on any atom is -0.453 e. The molecule has 0 aliphatic rings. The van der Waals surface area contributed by atoms with Crippen molar-refractivity contribution in [2.75, 3.05) is 5.32 Å². The lowest BCUT2D eigenvalue weighted by Crippen LogP contribution is -2.23. The number of nitrogens with one attached hydrogen (secondary N) is 2. The van der Waals surface area contributed by atoms with E-state index < -0.39 is 0 Å². The zero-order valence-corrected chi connectivity index (χ0v) is 16.1. The van der Waals surface area contributed by atoms with E-state index in [1.807, 2.05) is 67.6 Å². The van der Waals surface area contributed by atoms with E-state index in [4.69, 9.17) is 16.6 Å². The Morgan fingerprint density at radius 1 is 1.15 bits per heavy atom. The van der Waals surface area contributed by atoms with E-state index in [1.165, 1.54) is 0 Å². The molecule has 27 heavy (non-hydrogen) atoms. The number of furan rings is 1. The van der Waals surface area contributed by atoms with E-state index in [0.717, 1.165) is 32.2 Å². The fraction of sp³-hybridized carbons (Fsp3) is 0.0500. The molecule has 0 spiro atoms. The predicted octanol–water partition coefficient (Wildman–Crippen LogP) is 5.19. The number of anilines is 1. The molecule has 7 heteroatoms. The van der Waals surface area contributed by atoms with Crippen LogP contribution in [0.15, 0.2) is 70.2 Å². The second kappa shape index (κ2) is 7.69. The second-order valence-electron chi connectivity index (χ2n) is 5.88. The zero-order valence-electron chi connectivity index (χ0n) is 14.5. The topological polar surface area (TPSA) is 62.5 Å². The normalized spacial score (nSPS) is 11.1. The average molecular weight is 393 g/mol. The molecule has 0 fully saturated rings. The highest BCUT2D eigenvalue weighted by atomic mass is 32.1. The van der Waals surface area contributed by atoms with Crippen LogP contribution in [0.3, 0.4) is 0 Å². The molecular weight excluding hydrogens is 376 g/mol. The van der Waals surface area contributed by atoms with E-state index in [0.29, 0.717) is 10.9 Å². The van der Waals surface area contributed by atoms with Crippen LogP contribution in [-0.4, -0.2) is 16.3 Å². The standard InChI is InChI=1S/C20H16N4OS2/c1-13-5-4-6-14(11-13)22-20(26)24-21-12-15-9-10-17(25-15)19-23-16-7-2-3-8-18(16)27-19/h2-12H,1H3,(H2,22,24,26). The molecule has 5 nitrogen and oxygen atoms in total. The van der Waals surface area contributed by atoms with Crippen LogP contribution in [0.5, 0.6) is 0 Å². The van der Waals surface area contributed by atoms with Crippen molar-refractivity contribution >= 4 is 50.8 Å². The second-order valence-corrected chi connectivity index (χ2v) is 7.32. The largest absolute Gasteiger partial charge is 0.453 e. The molecule has 134 valence electrons. The molecule has 0 radical (unpaired) electrons. The predicted molar refractivity (Wildman–Crippen MR) is 115 cm³/mol. The summed E-state index contributed by atoms with van der Waals surface area (Å²) >= 11 is 6.84. The van der Waals surface area contributed by atoms with Gasteiger partial charge in [-0.25, -0.2) is 4.98 Å². The van der Waals surface area contributed by atoms with Crippen molar-refractivity contribution in [3.63, 3.8) is 0 Å². The lowest BCUT2D eigenvalue weighted by molar-refractivity contribution is 0.574. The Labute approximate surface area is 165 Å². The molecule has 0 saturated carbocycles. The van der Waals surface area contributed by atoms with Crippen LogP contribution in [0.1, 0.15) is 11.3 Å². The Morgan fingerprint density at radius 3 is 2.89 bits per heavy atom. The molecule has 2 aromatic carbocycles. The van der Waals surface area contributed by atoms with E-state index >= 15 is 0 Å². The number of hydrazone groups is 1. The first-order valence-corrected chi connectivity index (χ1v) is 9.52. The summed E-state index contributed by atoms with van der Waals surface area (Å²) in [4.78, 5) is 4.59. The number of benzene rings is 2. The summed E-state index contributed by atoms with van der Waals surface area (Å²) in [6.07, 6.45) is 1.58. The van der Waals surface area contributed by atoms with Gasteiger partial charge in [0, 0.05) is 5.69 Å². The Balaban J connectivity index is 1.39. The van der Waals surface area contributed by atoms with Crippen LogP contribution in [-0.2, 0) is 0 Å². The molecule has 0 aliphatic carbocycles. The number of hydrogen-bond acceptors (Lipinski definition) is 5. The molecule has 2 heterocycles. The van der Waals surface area contributed by atoms with E-state index in [9.17, 15) is 0 Å². The average Bonchev–Trinajstić information content (AvgIpc) is 3.28. The van der Waals surface area contributed by atoms with Gasteiger partial charge in [-0.05, 0) is 61.1 Å². The maximum Gasteiger partial charge on any atom is 0.191 e. The Kier molecular flexibility index (Phi) is 4.95. The van der Waals surface area contributed by atoms with E-state index in [1.54, 1.807) is 17.6 Å². The van der Waals surface area contributed by atoms with Crippen LogP contribution in [0.4, 0.5) is 5.69 Å². The molecular formula is C20H16N4OS2. The summed E-state index contributed by atoms with van der Waals surface area (Å²) in [5, 5.41) is 8.46. The van der Waals surface area contributed by atoms with Gasteiger partial charge in [-0.3, -0.25) is 5.43 Å². The first kappa shape index (κ1) is 17.4. The maximum atomic E-state index is 5.81. The molecule has 4 aromatic rings. The minimum atomic E-state index is 0.412. The van der Waals surface area contributed by atoms with Gasteiger partial charge < -0.3 is 9.73 Å². The van der Waals surface area contributed by atoms with Gasteiger partial charge in [-0.2, -0.15) is 5.10 Å². The molecule has 4 rings (SSSR count). The van der Waals surface area contributed by atoms with Gasteiger partial charge in [0.15, 0.2) is 15.9 Å². The van der Waals surface area contributed by atoms with Gasteiger partial charge in [-0.1, -0.05) is 24.3 Å². The van der Waals surface area contributed by atoms with Gasteiger partial charge in [0.2, 0.25) is 0 Å². The fourth-order valence-electron chi connectivity index (χ4n) is 2.55. The number of para-hydroxylation sites is 1. The summed E-state index contributed by atoms with van der Waals surface area (Å²) < 4.78 is 6.94. The fourth-order valence-corrected chi connectivity index (χ4v) is 3.65. The zero-order chi connectivity index (χ0) is 18.6. The van der Waals surface area contributed by atoms with Crippen LogP contribution in [0, 0.1) is 6.92 Å². The third kappa shape index (κ3) is 4.21. The molecule has 0 atom stereocenters. The summed E-state index contributed by atoms with van der Waals surface area (Å²) in [5.41, 5.74) is 5.83. The Bertz CT molecular complexity index is 1100. The third-order valence-electron chi connectivity index (χ3n) is 3.77. The van der Waals surface area contributed by atoms with Gasteiger partial charge in [0.05, 0.1) is 16.4 Å². The van der Waals surface area contributed by atoms with Crippen molar-refractivity contribution < 1.29 is 4.42 Å². The summed E-state index contributed by atoms with van der Waals surface area (Å²) in [6, 6.07) is 19.7. The van der Waals surface area contributed by atoms with Gasteiger partial charge >= 0.3 is 0 Å². The number of aromatic nitrogens is 1. The van der Waals surface area contributed by atoms with Crippen LogP contribution < -0.4 is 10.7 Å². The highest BCUT2D eigenvalue weighted by Crippen LogP contribution is 2.30. The smallest absolute Gasteiger partial charge is 0.191 e. The van der Waals surface area contributed by atoms with Crippen molar-refractivity contribution in [2.45, 2.75) is 6.92 Å². The summed E-state index contributed by atoms with van der Waals surface area (Å²) in [6.45, 7) is 2.03. The summed E-state index contributed by atoms with van der Waals surface area (Å²) in [7, 11) is 0. The van der Waals surface area contributed by atoms with E-state index in [2.05, 4.69) is 20.8 Å². The molecule has 0 saturated heterocycles. The van der Waals surface area contributed by atoms with Crippen molar-refractivity contribution in [1.29, 1.82) is 0 Å². The number of nitrogens with zero attached hydrogens (tertiary/aromatic N) is 2. The molecule has 0 aliphatic heterocycles. The van der Waals surface area contributed by atoms with Crippen LogP contribution in [0.25, 0.3) is 21.0 Å². The third-order valence-corrected chi connectivity index (χ3v) is 5.01. The maximum absolute atomic E-state index is 5.81. The van der Waals surface area contributed by atoms with Gasteiger partial charge in [-0.15, -0.1) is 11.3 Å². The molecule has 0 amide bonds. The van der Waals surface area contributed by atoms with Crippen molar-refractivity contribution in [2.24, 2.45) is 5.10 Å². The first-order valence-electron chi connectivity index (χ1n) is 8.30. The van der Waals surface area contributed by atoms with Gasteiger partial charge in [0.1, 0.15) is 5.76 Å². The molecule has 2 N–H and O–H groups in total. The molecule has 0 unspecified atom stereocenters. The highest BCUT2D eigenvalue weighted by molar-refractivity contribution is 7.80. The number of fused-ring (bicyclic) bond motifs is 1.